The number of hydrogen-bond donors (Lipinski definition) is 0. The van der Waals surface area contributed by atoms with E-state index in [1.807, 2.05) is 13.8 Å². The maximum atomic E-state index is 12.7. The van der Waals surface area contributed by atoms with Gasteiger partial charge in [0.05, 0.1) is 9.82 Å². The molecule has 0 aromatic heterocycles. The predicted molar refractivity (Wildman–Crippen MR) is 79.5 cm³/mol. The molecule has 6 nitrogen and oxygen atoms in total. The maximum absolute atomic E-state index is 12.7. The van der Waals surface area contributed by atoms with E-state index in [1.54, 1.807) is 6.92 Å². The fraction of sp³-hybridized carbons (Fsp3) is 0.571. The summed E-state index contributed by atoms with van der Waals surface area (Å²) in [7, 11) is -3.67. The van der Waals surface area contributed by atoms with Crippen molar-refractivity contribution in [3.05, 3.63) is 33.9 Å². The Kier molecular flexibility index (Phi) is 4.34. The second kappa shape index (κ2) is 5.73. The molecule has 0 N–H and O–H groups in total. The van der Waals surface area contributed by atoms with Crippen LogP contribution in [0.1, 0.15) is 25.8 Å². The summed E-state index contributed by atoms with van der Waals surface area (Å²) in [6.45, 7) is 6.58. The van der Waals surface area contributed by atoms with Crippen LogP contribution in [0.3, 0.4) is 0 Å². The van der Waals surface area contributed by atoms with Gasteiger partial charge in [-0.15, -0.1) is 0 Å². The quantitative estimate of drug-likeness (QED) is 0.634. The van der Waals surface area contributed by atoms with Crippen LogP contribution < -0.4 is 0 Å². The van der Waals surface area contributed by atoms with Gasteiger partial charge in [-0.05, 0) is 31.2 Å². The van der Waals surface area contributed by atoms with Crippen molar-refractivity contribution in [3.63, 3.8) is 0 Å². The van der Waals surface area contributed by atoms with Gasteiger partial charge in [-0.25, -0.2) is 8.42 Å². The van der Waals surface area contributed by atoms with E-state index in [0.717, 1.165) is 12.5 Å². The Morgan fingerprint density at radius 1 is 1.24 bits per heavy atom. The van der Waals surface area contributed by atoms with E-state index in [2.05, 4.69) is 0 Å². The monoisotopic (exact) mass is 312 g/mol. The van der Waals surface area contributed by atoms with Crippen LogP contribution in [0.4, 0.5) is 5.69 Å². The van der Waals surface area contributed by atoms with Crippen LogP contribution in [0, 0.1) is 28.9 Å². The first kappa shape index (κ1) is 15.9. The van der Waals surface area contributed by atoms with Crippen molar-refractivity contribution < 1.29 is 13.3 Å². The average molecular weight is 312 g/mol. The molecule has 2 atom stereocenters. The molecule has 1 heterocycles. The van der Waals surface area contributed by atoms with E-state index in [1.165, 1.54) is 16.4 Å². The third kappa shape index (κ3) is 3.24. The van der Waals surface area contributed by atoms with Crippen LogP contribution in [-0.4, -0.2) is 30.7 Å². The molecular formula is C14H20N2O4S. The summed E-state index contributed by atoms with van der Waals surface area (Å²) in [6.07, 6.45) is 1.00. The third-order valence-corrected chi connectivity index (χ3v) is 5.68. The topological polar surface area (TPSA) is 80.5 Å². The van der Waals surface area contributed by atoms with E-state index in [9.17, 15) is 18.5 Å². The molecule has 21 heavy (non-hydrogen) atoms. The summed E-state index contributed by atoms with van der Waals surface area (Å²) in [6, 6.07) is 4.10. The summed E-state index contributed by atoms with van der Waals surface area (Å²) >= 11 is 0. The van der Waals surface area contributed by atoms with Gasteiger partial charge in [0.1, 0.15) is 0 Å². The Labute approximate surface area is 125 Å². The molecule has 0 spiro atoms. The lowest BCUT2D eigenvalue weighted by Gasteiger charge is -2.34. The number of nitro groups is 1. The molecule has 0 radical (unpaired) electrons. The summed E-state index contributed by atoms with van der Waals surface area (Å²) in [5.41, 5.74) is 0.300. The lowest BCUT2D eigenvalue weighted by Crippen LogP contribution is -2.42. The van der Waals surface area contributed by atoms with Gasteiger partial charge in [0.2, 0.25) is 10.0 Å². The highest BCUT2D eigenvalue weighted by atomic mass is 32.2. The molecule has 2 rings (SSSR count). The van der Waals surface area contributed by atoms with Gasteiger partial charge < -0.3 is 0 Å². The van der Waals surface area contributed by atoms with Crippen LogP contribution in [-0.2, 0) is 10.0 Å². The van der Waals surface area contributed by atoms with Gasteiger partial charge in [-0.3, -0.25) is 10.1 Å². The zero-order valence-corrected chi connectivity index (χ0v) is 13.3. The fourth-order valence-corrected chi connectivity index (χ4v) is 4.60. The SMILES string of the molecule is Cc1ccc(S(=O)(=O)N2C[C@H](C)C[C@H](C)C2)cc1[N+](=O)[O-]. The molecule has 116 valence electrons. The minimum Gasteiger partial charge on any atom is -0.258 e. The molecule has 1 aliphatic heterocycles. The molecule has 1 aromatic rings. The smallest absolute Gasteiger partial charge is 0.258 e. The first-order chi connectivity index (χ1) is 9.71. The highest BCUT2D eigenvalue weighted by Crippen LogP contribution is 2.29. The number of benzene rings is 1. The van der Waals surface area contributed by atoms with Crippen LogP contribution in [0.5, 0.6) is 0 Å². The van der Waals surface area contributed by atoms with Crippen molar-refractivity contribution in [2.75, 3.05) is 13.1 Å². The predicted octanol–water partition coefficient (Wildman–Crippen LogP) is 2.57. The summed E-state index contributed by atoms with van der Waals surface area (Å²) < 4.78 is 26.8. The van der Waals surface area contributed by atoms with Crippen molar-refractivity contribution in [1.29, 1.82) is 0 Å². The first-order valence-electron chi connectivity index (χ1n) is 6.97. The Hall–Kier alpha value is -1.47. The Morgan fingerprint density at radius 3 is 2.33 bits per heavy atom. The number of rotatable bonds is 3. The molecule has 7 heteroatoms. The number of piperidine rings is 1. The number of aryl methyl sites for hydroxylation is 1. The largest absolute Gasteiger partial charge is 0.273 e. The Bertz CT molecular complexity index is 647. The molecule has 1 fully saturated rings. The van der Waals surface area contributed by atoms with Crippen LogP contribution in [0.25, 0.3) is 0 Å². The van der Waals surface area contributed by atoms with E-state index in [4.69, 9.17) is 0 Å². The van der Waals surface area contributed by atoms with E-state index in [0.29, 0.717) is 30.5 Å². The molecular weight excluding hydrogens is 292 g/mol. The van der Waals surface area contributed by atoms with E-state index < -0.39 is 14.9 Å². The number of hydrogen-bond acceptors (Lipinski definition) is 4. The van der Waals surface area contributed by atoms with Crippen molar-refractivity contribution in [1.82, 2.24) is 4.31 Å². The van der Waals surface area contributed by atoms with Gasteiger partial charge in [0.25, 0.3) is 5.69 Å². The lowest BCUT2D eigenvalue weighted by atomic mass is 9.94. The van der Waals surface area contributed by atoms with Gasteiger partial charge in [-0.1, -0.05) is 19.9 Å². The van der Waals surface area contributed by atoms with Gasteiger partial charge in [0, 0.05) is 24.7 Å². The van der Waals surface area contributed by atoms with Crippen LogP contribution >= 0.6 is 0 Å². The fourth-order valence-electron chi connectivity index (χ4n) is 2.90. The molecule has 0 aliphatic carbocycles. The van der Waals surface area contributed by atoms with Gasteiger partial charge in [-0.2, -0.15) is 4.31 Å². The molecule has 0 amide bonds. The number of nitrogens with zero attached hydrogens (tertiary/aromatic N) is 2. The molecule has 1 saturated heterocycles. The standard InChI is InChI=1S/C14H20N2O4S/c1-10-6-11(2)9-15(8-10)21(19,20)13-5-4-12(3)14(7-13)16(17)18/h4-5,7,10-11H,6,8-9H2,1-3H3/t10-,11+. The number of sulfonamides is 1. The minimum atomic E-state index is -3.67. The molecule has 1 aliphatic rings. The second-order valence-corrected chi connectivity index (χ2v) is 7.91. The first-order valence-corrected chi connectivity index (χ1v) is 8.41. The van der Waals surface area contributed by atoms with Crippen LogP contribution in [0.2, 0.25) is 0 Å². The number of nitro benzene ring substituents is 1. The summed E-state index contributed by atoms with van der Waals surface area (Å²) in [4.78, 5) is 10.4. The lowest BCUT2D eigenvalue weighted by molar-refractivity contribution is -0.385. The zero-order chi connectivity index (χ0) is 15.8. The highest BCUT2D eigenvalue weighted by molar-refractivity contribution is 7.89. The Balaban J connectivity index is 2.40. The van der Waals surface area contributed by atoms with Gasteiger partial charge in [0.15, 0.2) is 0 Å². The van der Waals surface area contributed by atoms with Gasteiger partial charge >= 0.3 is 0 Å². The second-order valence-electron chi connectivity index (χ2n) is 5.97. The summed E-state index contributed by atoms with van der Waals surface area (Å²) in [5, 5.41) is 11.0. The van der Waals surface area contributed by atoms with Crippen molar-refractivity contribution >= 4 is 15.7 Å². The normalized spacial score (nSPS) is 24.0. The maximum Gasteiger partial charge on any atom is 0.273 e. The molecule has 1 aromatic carbocycles. The molecule has 0 unspecified atom stereocenters. The highest BCUT2D eigenvalue weighted by Gasteiger charge is 2.32. The third-order valence-electron chi connectivity index (χ3n) is 3.85. The summed E-state index contributed by atoms with van der Waals surface area (Å²) in [5.74, 6) is 0.591. The zero-order valence-electron chi connectivity index (χ0n) is 12.4. The van der Waals surface area contributed by atoms with Crippen molar-refractivity contribution in [2.24, 2.45) is 11.8 Å². The Morgan fingerprint density at radius 2 is 1.81 bits per heavy atom. The molecule has 0 bridgehead atoms. The average Bonchev–Trinajstić information content (AvgIpc) is 2.37. The van der Waals surface area contributed by atoms with Crippen LogP contribution in [0.15, 0.2) is 23.1 Å². The van der Waals surface area contributed by atoms with Crippen molar-refractivity contribution in [2.45, 2.75) is 32.1 Å². The van der Waals surface area contributed by atoms with E-state index >= 15 is 0 Å². The van der Waals surface area contributed by atoms with Crippen molar-refractivity contribution in [3.8, 4) is 0 Å². The minimum absolute atomic E-state index is 0.00102. The molecule has 0 saturated carbocycles. The van der Waals surface area contributed by atoms with E-state index in [-0.39, 0.29) is 10.6 Å².